The van der Waals surface area contributed by atoms with Crippen LogP contribution in [0, 0.1) is 56.7 Å². The van der Waals surface area contributed by atoms with Gasteiger partial charge < -0.3 is 14.9 Å². The number of carbonyl (C=O) groups is 1. The van der Waals surface area contributed by atoms with Crippen molar-refractivity contribution in [3.8, 4) is 0 Å². The van der Waals surface area contributed by atoms with E-state index >= 15 is 0 Å². The Morgan fingerprint density at radius 3 is 2.26 bits per heavy atom. The number of rotatable bonds is 3. The minimum absolute atomic E-state index is 0.0150. The second-order valence-corrected chi connectivity index (χ2v) is 14.9. The predicted molar refractivity (Wildman–Crippen MR) is 138 cm³/mol. The first kappa shape index (κ1) is 26.0. The summed E-state index contributed by atoms with van der Waals surface area (Å²) < 4.78 is 5.73. The molecule has 5 aliphatic rings. The molecule has 2 N–H and O–H groups in total. The van der Waals surface area contributed by atoms with E-state index in [0.717, 1.165) is 44.9 Å². The standard InChI is InChI=1S/C31H52O4/c1-8-35-26(34)31-16-11-20(19(2)32)25(31)21-9-10-23-28(5)14-13-24(33)27(3,4)22(28)12-15-30(23,7)29(21,6)17-18-31/h19-25,32-33H,8-18H2,1-7H3/t19-,20?,21?,22?,23?,24-,25?,28-,29+,30+,31-/m0/s1. The quantitative estimate of drug-likeness (QED) is 0.453. The van der Waals surface area contributed by atoms with Crippen LogP contribution < -0.4 is 0 Å². The highest BCUT2D eigenvalue weighted by molar-refractivity contribution is 5.78. The van der Waals surface area contributed by atoms with E-state index in [1.807, 2.05) is 13.8 Å². The van der Waals surface area contributed by atoms with Crippen molar-refractivity contribution in [1.82, 2.24) is 0 Å². The van der Waals surface area contributed by atoms with Crippen LogP contribution in [0.15, 0.2) is 0 Å². The zero-order valence-corrected chi connectivity index (χ0v) is 23.5. The molecule has 35 heavy (non-hydrogen) atoms. The molecule has 0 aromatic rings. The molecule has 0 saturated heterocycles. The van der Waals surface area contributed by atoms with Crippen molar-refractivity contribution < 1.29 is 19.7 Å². The molecular formula is C31H52O4. The summed E-state index contributed by atoms with van der Waals surface area (Å²) in [5.74, 6) is 2.12. The minimum atomic E-state index is -0.400. The molecule has 200 valence electrons. The summed E-state index contributed by atoms with van der Waals surface area (Å²) in [5.41, 5.74) is 0.233. The first-order valence-electron chi connectivity index (χ1n) is 14.8. The Bertz CT molecular complexity index is 851. The maximum Gasteiger partial charge on any atom is 0.312 e. The molecule has 0 aromatic heterocycles. The summed E-state index contributed by atoms with van der Waals surface area (Å²) in [4.78, 5) is 13.5. The fraction of sp³-hybridized carbons (Fsp3) is 0.968. The third-order valence-corrected chi connectivity index (χ3v) is 13.8. The van der Waals surface area contributed by atoms with E-state index in [0.29, 0.717) is 24.4 Å². The average molecular weight is 489 g/mol. The fourth-order valence-electron chi connectivity index (χ4n) is 11.8. The van der Waals surface area contributed by atoms with Crippen LogP contribution in [0.5, 0.6) is 0 Å². The van der Waals surface area contributed by atoms with Gasteiger partial charge in [-0.05, 0) is 129 Å². The summed E-state index contributed by atoms with van der Waals surface area (Å²) in [5, 5.41) is 21.8. The van der Waals surface area contributed by atoms with Crippen molar-refractivity contribution in [2.75, 3.05) is 6.61 Å². The number of hydrogen-bond acceptors (Lipinski definition) is 4. The van der Waals surface area contributed by atoms with E-state index in [1.165, 1.54) is 19.3 Å². The summed E-state index contributed by atoms with van der Waals surface area (Å²) in [6.45, 7) is 16.7. The van der Waals surface area contributed by atoms with Crippen molar-refractivity contribution in [3.63, 3.8) is 0 Å². The highest BCUT2D eigenvalue weighted by Gasteiger charge is 2.72. The van der Waals surface area contributed by atoms with Crippen molar-refractivity contribution in [2.45, 2.75) is 125 Å². The molecule has 4 nitrogen and oxygen atoms in total. The second kappa shape index (κ2) is 8.19. The van der Waals surface area contributed by atoms with Gasteiger partial charge in [0.15, 0.2) is 0 Å². The molecule has 4 heteroatoms. The van der Waals surface area contributed by atoms with Crippen molar-refractivity contribution in [2.24, 2.45) is 56.7 Å². The lowest BCUT2D eigenvalue weighted by molar-refractivity contribution is -0.250. The van der Waals surface area contributed by atoms with Gasteiger partial charge in [0.1, 0.15) is 0 Å². The van der Waals surface area contributed by atoms with Gasteiger partial charge in [0.05, 0.1) is 24.2 Å². The van der Waals surface area contributed by atoms with E-state index in [2.05, 4.69) is 34.6 Å². The smallest absolute Gasteiger partial charge is 0.312 e. The van der Waals surface area contributed by atoms with E-state index in [1.54, 1.807) is 0 Å². The molecular weight excluding hydrogens is 436 g/mol. The largest absolute Gasteiger partial charge is 0.466 e. The molecule has 0 spiro atoms. The summed E-state index contributed by atoms with van der Waals surface area (Å²) in [6.07, 6.45) is 10.1. The molecule has 11 atom stereocenters. The molecule has 0 amide bonds. The first-order valence-corrected chi connectivity index (χ1v) is 14.8. The Hall–Kier alpha value is -0.610. The van der Waals surface area contributed by atoms with E-state index in [4.69, 9.17) is 4.74 Å². The predicted octanol–water partition coefficient (Wildman–Crippen LogP) is 6.37. The highest BCUT2D eigenvalue weighted by Crippen LogP contribution is 2.77. The van der Waals surface area contributed by atoms with Crippen LogP contribution in [0.2, 0.25) is 0 Å². The third-order valence-electron chi connectivity index (χ3n) is 13.8. The van der Waals surface area contributed by atoms with Gasteiger partial charge in [-0.1, -0.05) is 34.6 Å². The van der Waals surface area contributed by atoms with Crippen LogP contribution in [0.1, 0.15) is 113 Å². The number of carbonyl (C=O) groups excluding carboxylic acids is 1. The molecule has 5 aliphatic carbocycles. The van der Waals surface area contributed by atoms with Crippen LogP contribution in [0.25, 0.3) is 0 Å². The van der Waals surface area contributed by atoms with Crippen LogP contribution in [-0.4, -0.2) is 35.0 Å². The Labute approximate surface area is 214 Å². The van der Waals surface area contributed by atoms with E-state index < -0.39 is 5.41 Å². The number of fused-ring (bicyclic) bond motifs is 7. The first-order chi connectivity index (χ1) is 16.3. The summed E-state index contributed by atoms with van der Waals surface area (Å²) in [7, 11) is 0. The van der Waals surface area contributed by atoms with Gasteiger partial charge in [0.2, 0.25) is 0 Å². The normalized spacial score (nSPS) is 53.5. The number of hydrogen-bond donors (Lipinski definition) is 2. The van der Waals surface area contributed by atoms with Gasteiger partial charge in [0, 0.05) is 0 Å². The van der Waals surface area contributed by atoms with Crippen molar-refractivity contribution >= 4 is 5.97 Å². The summed E-state index contributed by atoms with van der Waals surface area (Å²) >= 11 is 0. The molecule has 5 fully saturated rings. The maximum atomic E-state index is 13.5. The van der Waals surface area contributed by atoms with Crippen LogP contribution in [0.4, 0.5) is 0 Å². The number of ether oxygens (including phenoxy) is 1. The molecule has 5 saturated carbocycles. The molecule has 5 rings (SSSR count). The van der Waals surface area contributed by atoms with Gasteiger partial charge in [-0.3, -0.25) is 4.79 Å². The molecule has 0 aliphatic heterocycles. The van der Waals surface area contributed by atoms with Crippen molar-refractivity contribution in [1.29, 1.82) is 0 Å². The van der Waals surface area contributed by atoms with Crippen LogP contribution >= 0.6 is 0 Å². The van der Waals surface area contributed by atoms with Crippen LogP contribution in [-0.2, 0) is 9.53 Å². The molecule has 0 bridgehead atoms. The topological polar surface area (TPSA) is 66.8 Å². The maximum absolute atomic E-state index is 13.5. The van der Waals surface area contributed by atoms with E-state index in [9.17, 15) is 15.0 Å². The lowest BCUT2D eigenvalue weighted by Gasteiger charge is -2.72. The van der Waals surface area contributed by atoms with Gasteiger partial charge in [-0.25, -0.2) is 0 Å². The van der Waals surface area contributed by atoms with Gasteiger partial charge in [-0.15, -0.1) is 0 Å². The average Bonchev–Trinajstić information content (AvgIpc) is 3.19. The van der Waals surface area contributed by atoms with Crippen molar-refractivity contribution in [3.05, 3.63) is 0 Å². The molecule has 0 heterocycles. The summed E-state index contributed by atoms with van der Waals surface area (Å²) in [6, 6.07) is 0. The lowest BCUT2D eigenvalue weighted by atomic mass is 9.32. The monoisotopic (exact) mass is 488 g/mol. The number of aliphatic hydroxyl groups excluding tert-OH is 2. The van der Waals surface area contributed by atoms with E-state index in [-0.39, 0.29) is 51.7 Å². The van der Waals surface area contributed by atoms with Gasteiger partial charge >= 0.3 is 5.97 Å². The zero-order chi connectivity index (χ0) is 25.6. The molecule has 0 radical (unpaired) electrons. The number of aliphatic hydroxyl groups is 2. The van der Waals surface area contributed by atoms with Gasteiger partial charge in [0.25, 0.3) is 0 Å². The Morgan fingerprint density at radius 1 is 0.886 bits per heavy atom. The Kier molecular flexibility index (Phi) is 6.09. The fourth-order valence-corrected chi connectivity index (χ4v) is 11.8. The SMILES string of the molecule is CCOC(=O)[C@]12CCC([C@H](C)O)C1C1CCC3[C@@]4(C)CC[C@H](O)C(C)(C)C4CC[C@@]3(C)[C@]1(C)CC2. The third kappa shape index (κ3) is 3.20. The minimum Gasteiger partial charge on any atom is -0.466 e. The zero-order valence-electron chi connectivity index (χ0n) is 23.5. The lowest BCUT2D eigenvalue weighted by Crippen LogP contribution is -2.67. The Morgan fingerprint density at radius 2 is 1.60 bits per heavy atom. The molecule has 0 aromatic carbocycles. The van der Waals surface area contributed by atoms with Gasteiger partial charge in [-0.2, -0.15) is 0 Å². The molecule has 5 unspecified atom stereocenters. The Balaban J connectivity index is 1.55. The second-order valence-electron chi connectivity index (χ2n) is 14.9. The highest BCUT2D eigenvalue weighted by atomic mass is 16.5. The number of esters is 1. The van der Waals surface area contributed by atoms with Crippen LogP contribution in [0.3, 0.4) is 0 Å².